The quantitative estimate of drug-likeness (QED) is 0.348. The van der Waals surface area contributed by atoms with Crippen molar-refractivity contribution in [1.29, 1.82) is 0 Å². The maximum Gasteiger partial charge on any atom is 0.0723 e. The summed E-state index contributed by atoms with van der Waals surface area (Å²) in [6.45, 7) is 0. The highest BCUT2D eigenvalue weighted by Crippen LogP contribution is 2.55. The number of hydrogen-bond donors (Lipinski definition) is 0. The van der Waals surface area contributed by atoms with E-state index < -0.39 is 0 Å². The molecule has 0 spiro atoms. The van der Waals surface area contributed by atoms with Gasteiger partial charge in [-0.05, 0) is 34.4 Å². The van der Waals surface area contributed by atoms with Crippen molar-refractivity contribution in [1.82, 2.24) is 0 Å². The molecule has 0 atom stereocenters. The molecule has 0 aliphatic carbocycles. The Morgan fingerprint density at radius 1 is 0.423 bits per heavy atom. The summed E-state index contributed by atoms with van der Waals surface area (Å²) in [7, 11) is 0. The van der Waals surface area contributed by atoms with Crippen LogP contribution in [0.15, 0.2) is 119 Å². The number of fused-ring (bicyclic) bond motifs is 2. The van der Waals surface area contributed by atoms with Crippen LogP contribution in [0.5, 0.6) is 0 Å². The van der Waals surface area contributed by atoms with E-state index in [0.717, 1.165) is 0 Å². The fraction of sp³-hybridized carbons (Fsp3) is 0.0400. The van der Waals surface area contributed by atoms with E-state index in [1.165, 1.54) is 32.0 Å². The highest BCUT2D eigenvalue weighted by Gasteiger charge is 2.43. The van der Waals surface area contributed by atoms with Gasteiger partial charge in [-0.3, -0.25) is 0 Å². The molecular weight excluding hydrogens is 332 g/mol. The Kier molecular flexibility index (Phi) is 3.69. The zero-order valence-electron chi connectivity index (χ0n) is 14.3. The van der Waals surface area contributed by atoms with Crippen LogP contribution in [0.4, 0.5) is 0 Å². The zero-order valence-corrected chi connectivity index (χ0v) is 15.1. The number of rotatable bonds is 2. The molecule has 4 aromatic carbocycles. The maximum atomic E-state index is 2.29. The molecule has 0 N–H and O–H groups in total. The molecule has 1 heterocycles. The average Bonchev–Trinajstić information content (AvgIpc) is 2.73. The molecule has 124 valence electrons. The Bertz CT molecular complexity index is 965. The minimum Gasteiger partial charge on any atom is -0.0894 e. The molecule has 0 amide bonds. The van der Waals surface area contributed by atoms with Crippen molar-refractivity contribution in [2.75, 3.05) is 0 Å². The van der Waals surface area contributed by atoms with Gasteiger partial charge in [-0.2, -0.15) is 0 Å². The lowest BCUT2D eigenvalue weighted by molar-refractivity contribution is 0.703. The Hall–Kier alpha value is -2.77. The van der Waals surface area contributed by atoms with Crippen LogP contribution < -0.4 is 0 Å². The first kappa shape index (κ1) is 15.5. The molecule has 0 nitrogen and oxygen atoms in total. The minimum atomic E-state index is -0.291. The van der Waals surface area contributed by atoms with Crippen molar-refractivity contribution in [2.24, 2.45) is 0 Å². The first-order chi connectivity index (χ1) is 12.9. The fourth-order valence-corrected chi connectivity index (χ4v) is 5.35. The van der Waals surface area contributed by atoms with Gasteiger partial charge in [0, 0.05) is 9.79 Å². The summed E-state index contributed by atoms with van der Waals surface area (Å²) in [6, 6.07) is 39.5. The molecule has 26 heavy (non-hydrogen) atoms. The Morgan fingerprint density at radius 2 is 0.808 bits per heavy atom. The summed E-state index contributed by atoms with van der Waals surface area (Å²) in [5.41, 5.74) is 5.06. The minimum absolute atomic E-state index is 0.291. The van der Waals surface area contributed by atoms with E-state index in [2.05, 4.69) is 109 Å². The van der Waals surface area contributed by atoms with Gasteiger partial charge in [-0.25, -0.2) is 0 Å². The van der Waals surface area contributed by atoms with Gasteiger partial charge in [0.25, 0.3) is 0 Å². The van der Waals surface area contributed by atoms with Crippen molar-refractivity contribution in [3.05, 3.63) is 131 Å². The highest BCUT2D eigenvalue weighted by molar-refractivity contribution is 7.99. The van der Waals surface area contributed by atoms with Gasteiger partial charge in [0.2, 0.25) is 0 Å². The summed E-state index contributed by atoms with van der Waals surface area (Å²) in [6.07, 6.45) is 0. The SMILES string of the molecule is c1ccc(C2(c3ccccc3)c3ccccc3Sc3ccccc32)cc1. The first-order valence-electron chi connectivity index (χ1n) is 8.88. The van der Waals surface area contributed by atoms with E-state index in [1.54, 1.807) is 0 Å². The van der Waals surface area contributed by atoms with Crippen molar-refractivity contribution in [2.45, 2.75) is 15.2 Å². The second kappa shape index (κ2) is 6.19. The molecule has 1 aliphatic rings. The molecule has 0 bridgehead atoms. The van der Waals surface area contributed by atoms with Crippen molar-refractivity contribution in [3.8, 4) is 0 Å². The van der Waals surface area contributed by atoms with E-state index in [9.17, 15) is 0 Å². The standard InChI is InChI=1S/C25H18S/c1-3-11-19(12-4-1)25(20-13-5-2-6-14-20)21-15-7-9-17-23(21)26-24-18-10-8-16-22(24)25/h1-18H. The first-order valence-corrected chi connectivity index (χ1v) is 9.70. The van der Waals surface area contributed by atoms with Crippen LogP contribution in [-0.2, 0) is 5.41 Å². The smallest absolute Gasteiger partial charge is 0.0723 e. The van der Waals surface area contributed by atoms with Crippen LogP contribution in [0.3, 0.4) is 0 Å². The predicted molar refractivity (Wildman–Crippen MR) is 109 cm³/mol. The number of benzene rings is 4. The average molecular weight is 350 g/mol. The van der Waals surface area contributed by atoms with Gasteiger partial charge >= 0.3 is 0 Å². The molecule has 0 aromatic heterocycles. The monoisotopic (exact) mass is 350 g/mol. The summed E-state index contributed by atoms with van der Waals surface area (Å²) >= 11 is 1.87. The van der Waals surface area contributed by atoms with Crippen molar-refractivity contribution >= 4 is 11.8 Å². The topological polar surface area (TPSA) is 0 Å². The maximum absolute atomic E-state index is 2.29. The molecule has 0 saturated carbocycles. The van der Waals surface area contributed by atoms with Gasteiger partial charge in [0.15, 0.2) is 0 Å². The lowest BCUT2D eigenvalue weighted by atomic mass is 9.65. The van der Waals surface area contributed by atoms with E-state index in [0.29, 0.717) is 0 Å². The molecule has 1 heteroatoms. The highest BCUT2D eigenvalue weighted by atomic mass is 32.2. The lowest BCUT2D eigenvalue weighted by Gasteiger charge is -2.41. The summed E-state index contributed by atoms with van der Waals surface area (Å²) in [4.78, 5) is 2.66. The second-order valence-electron chi connectivity index (χ2n) is 6.58. The Labute approximate surface area is 158 Å². The molecule has 0 radical (unpaired) electrons. The molecule has 0 unspecified atom stereocenters. The van der Waals surface area contributed by atoms with Gasteiger partial charge in [-0.1, -0.05) is 109 Å². The zero-order chi connectivity index (χ0) is 17.4. The fourth-order valence-electron chi connectivity index (χ4n) is 4.16. The Balaban J connectivity index is 1.97. The van der Waals surface area contributed by atoms with Gasteiger partial charge in [0.1, 0.15) is 0 Å². The normalized spacial score (nSPS) is 14.3. The molecular formula is C25H18S. The van der Waals surface area contributed by atoms with E-state index in [4.69, 9.17) is 0 Å². The van der Waals surface area contributed by atoms with Gasteiger partial charge in [-0.15, -0.1) is 0 Å². The van der Waals surface area contributed by atoms with Crippen LogP contribution in [-0.4, -0.2) is 0 Å². The van der Waals surface area contributed by atoms with Crippen LogP contribution >= 0.6 is 11.8 Å². The van der Waals surface area contributed by atoms with Crippen LogP contribution in [0, 0.1) is 0 Å². The largest absolute Gasteiger partial charge is 0.0894 e. The second-order valence-corrected chi connectivity index (χ2v) is 7.66. The third kappa shape index (κ3) is 2.17. The van der Waals surface area contributed by atoms with E-state index in [-0.39, 0.29) is 5.41 Å². The third-order valence-corrected chi connectivity index (χ3v) is 6.37. The summed E-state index contributed by atoms with van der Waals surface area (Å²) in [5.74, 6) is 0. The molecule has 5 rings (SSSR count). The van der Waals surface area contributed by atoms with Gasteiger partial charge < -0.3 is 0 Å². The van der Waals surface area contributed by atoms with Gasteiger partial charge in [0.05, 0.1) is 5.41 Å². The predicted octanol–water partition coefficient (Wildman–Crippen LogP) is 6.53. The molecule has 4 aromatic rings. The molecule has 0 fully saturated rings. The van der Waals surface area contributed by atoms with Crippen LogP contribution in [0.2, 0.25) is 0 Å². The van der Waals surface area contributed by atoms with Crippen LogP contribution in [0.25, 0.3) is 0 Å². The Morgan fingerprint density at radius 3 is 1.27 bits per heavy atom. The number of hydrogen-bond acceptors (Lipinski definition) is 1. The van der Waals surface area contributed by atoms with Crippen molar-refractivity contribution < 1.29 is 0 Å². The van der Waals surface area contributed by atoms with Crippen LogP contribution in [0.1, 0.15) is 22.3 Å². The van der Waals surface area contributed by atoms with Crippen molar-refractivity contribution in [3.63, 3.8) is 0 Å². The third-order valence-electron chi connectivity index (χ3n) is 5.22. The lowest BCUT2D eigenvalue weighted by Crippen LogP contribution is -2.33. The molecule has 0 saturated heterocycles. The summed E-state index contributed by atoms with van der Waals surface area (Å²) < 4.78 is 0. The van der Waals surface area contributed by atoms with E-state index >= 15 is 0 Å². The summed E-state index contributed by atoms with van der Waals surface area (Å²) in [5, 5.41) is 0. The van der Waals surface area contributed by atoms with E-state index in [1.807, 2.05) is 11.8 Å². The molecule has 1 aliphatic heterocycles.